The molecule has 0 aliphatic heterocycles. The van der Waals surface area contributed by atoms with E-state index in [0.717, 1.165) is 22.4 Å². The minimum atomic E-state index is -0.290. The van der Waals surface area contributed by atoms with E-state index in [0.29, 0.717) is 10.7 Å². The van der Waals surface area contributed by atoms with E-state index >= 15 is 0 Å². The number of halogens is 1. The fourth-order valence-corrected chi connectivity index (χ4v) is 3.12. The molecule has 0 unspecified atom stereocenters. The predicted octanol–water partition coefficient (Wildman–Crippen LogP) is 4.13. The second kappa shape index (κ2) is 7.77. The first-order valence-corrected chi connectivity index (χ1v) is 9.33. The van der Waals surface area contributed by atoms with Crippen molar-refractivity contribution in [1.29, 1.82) is 0 Å². The van der Waals surface area contributed by atoms with Crippen molar-refractivity contribution in [1.82, 2.24) is 14.5 Å². The second-order valence-corrected chi connectivity index (χ2v) is 7.01. The molecule has 7 heteroatoms. The number of nitrogens with zero attached hydrogens (tertiary/aromatic N) is 4. The van der Waals surface area contributed by atoms with Crippen molar-refractivity contribution in [3.8, 4) is 16.9 Å². The highest BCUT2D eigenvalue weighted by Gasteiger charge is 2.11. The molecule has 0 saturated carbocycles. The average Bonchev–Trinajstić information content (AvgIpc) is 3.13. The van der Waals surface area contributed by atoms with Crippen LogP contribution in [0.2, 0.25) is 5.02 Å². The number of pyridine rings is 1. The van der Waals surface area contributed by atoms with Crippen molar-refractivity contribution >= 4 is 23.6 Å². The van der Waals surface area contributed by atoms with Gasteiger partial charge in [0.15, 0.2) is 0 Å². The van der Waals surface area contributed by atoms with E-state index in [9.17, 15) is 4.79 Å². The van der Waals surface area contributed by atoms with Crippen LogP contribution in [0.5, 0.6) is 0 Å². The Labute approximate surface area is 172 Å². The maximum Gasteiger partial charge on any atom is 0.273 e. The molecule has 0 fully saturated rings. The third kappa shape index (κ3) is 3.97. The van der Waals surface area contributed by atoms with Crippen LogP contribution in [-0.2, 0) is 0 Å². The number of nitrogens with two attached hydrogens (primary N) is 1. The maximum atomic E-state index is 12.2. The first kappa shape index (κ1) is 18.7. The SMILES string of the molecule is Cc1cc(N)n(/N=C\c2cn(-c3ccccc3)nc2-c2ccc(Cl)cc2)c(=O)c1. The third-order valence-corrected chi connectivity index (χ3v) is 4.63. The Morgan fingerprint density at radius 2 is 1.79 bits per heavy atom. The van der Waals surface area contributed by atoms with Crippen molar-refractivity contribution in [3.63, 3.8) is 0 Å². The number of hydrogen-bond acceptors (Lipinski definition) is 4. The van der Waals surface area contributed by atoms with E-state index in [4.69, 9.17) is 22.4 Å². The van der Waals surface area contributed by atoms with Gasteiger partial charge in [0.25, 0.3) is 5.56 Å². The molecule has 0 bridgehead atoms. The molecule has 2 aromatic carbocycles. The molecule has 0 amide bonds. The summed E-state index contributed by atoms with van der Waals surface area (Å²) in [7, 11) is 0. The van der Waals surface area contributed by atoms with Gasteiger partial charge < -0.3 is 5.73 Å². The number of aryl methyl sites for hydroxylation is 1. The Hall–Kier alpha value is -3.64. The summed E-state index contributed by atoms with van der Waals surface area (Å²) in [6.07, 6.45) is 3.45. The van der Waals surface area contributed by atoms with Gasteiger partial charge >= 0.3 is 0 Å². The van der Waals surface area contributed by atoms with Crippen molar-refractivity contribution < 1.29 is 0 Å². The molecule has 29 heavy (non-hydrogen) atoms. The minimum absolute atomic E-state index is 0.273. The Morgan fingerprint density at radius 3 is 2.48 bits per heavy atom. The van der Waals surface area contributed by atoms with Gasteiger partial charge in [-0.2, -0.15) is 14.9 Å². The number of nitrogen functional groups attached to an aromatic ring is 1. The zero-order valence-corrected chi connectivity index (χ0v) is 16.4. The molecule has 4 rings (SSSR count). The first-order valence-electron chi connectivity index (χ1n) is 8.96. The van der Waals surface area contributed by atoms with Crippen LogP contribution in [0, 0.1) is 6.92 Å². The van der Waals surface area contributed by atoms with Gasteiger partial charge in [0.1, 0.15) is 11.5 Å². The average molecular weight is 404 g/mol. The zero-order valence-electron chi connectivity index (χ0n) is 15.7. The summed E-state index contributed by atoms with van der Waals surface area (Å²) in [6.45, 7) is 1.81. The zero-order chi connectivity index (χ0) is 20.4. The van der Waals surface area contributed by atoms with Crippen LogP contribution >= 0.6 is 11.6 Å². The summed E-state index contributed by atoms with van der Waals surface area (Å²) in [5.74, 6) is 0.273. The molecule has 0 aliphatic carbocycles. The Morgan fingerprint density at radius 1 is 1.07 bits per heavy atom. The van der Waals surface area contributed by atoms with Crippen LogP contribution in [0.1, 0.15) is 11.1 Å². The fraction of sp³-hybridized carbons (Fsp3) is 0.0455. The predicted molar refractivity (Wildman–Crippen MR) is 117 cm³/mol. The summed E-state index contributed by atoms with van der Waals surface area (Å²) in [5.41, 5.74) is 9.71. The van der Waals surface area contributed by atoms with Crippen molar-refractivity contribution in [3.05, 3.63) is 99.4 Å². The smallest absolute Gasteiger partial charge is 0.273 e. The summed E-state index contributed by atoms with van der Waals surface area (Å²) in [5, 5.41) is 9.66. The molecule has 0 atom stereocenters. The van der Waals surface area contributed by atoms with Gasteiger partial charge in [-0.3, -0.25) is 4.79 Å². The molecule has 4 aromatic rings. The third-order valence-electron chi connectivity index (χ3n) is 4.37. The second-order valence-electron chi connectivity index (χ2n) is 6.57. The number of para-hydroxylation sites is 1. The molecule has 0 radical (unpaired) electrons. The highest BCUT2D eigenvalue weighted by Crippen LogP contribution is 2.24. The van der Waals surface area contributed by atoms with Gasteiger partial charge in [0.2, 0.25) is 0 Å². The van der Waals surface area contributed by atoms with E-state index in [1.165, 1.54) is 10.7 Å². The molecule has 2 aromatic heterocycles. The standard InChI is InChI=1S/C22H18ClN5O/c1-15-11-20(24)28(21(29)12-15)25-13-17-14-27(19-5-3-2-4-6-19)26-22(17)16-7-9-18(23)10-8-16/h2-14H,24H2,1H3/b25-13-. The minimum Gasteiger partial charge on any atom is -0.384 e. The number of benzene rings is 2. The molecule has 0 saturated heterocycles. The summed E-state index contributed by atoms with van der Waals surface area (Å²) < 4.78 is 2.94. The molecule has 2 N–H and O–H groups in total. The van der Waals surface area contributed by atoms with Crippen LogP contribution in [-0.4, -0.2) is 20.7 Å². The molecule has 0 spiro atoms. The summed E-state index contributed by atoms with van der Waals surface area (Å²) in [6, 6.07) is 20.3. The number of anilines is 1. The maximum absolute atomic E-state index is 12.2. The van der Waals surface area contributed by atoms with Crippen molar-refractivity contribution in [2.24, 2.45) is 5.10 Å². The van der Waals surface area contributed by atoms with Gasteiger partial charge in [0, 0.05) is 28.4 Å². The summed E-state index contributed by atoms with van der Waals surface area (Å²) in [4.78, 5) is 12.2. The van der Waals surface area contributed by atoms with E-state index in [1.807, 2.05) is 67.7 Å². The normalized spacial score (nSPS) is 11.2. The van der Waals surface area contributed by atoms with Crippen LogP contribution < -0.4 is 11.3 Å². The fourth-order valence-electron chi connectivity index (χ4n) is 2.99. The van der Waals surface area contributed by atoms with E-state index < -0.39 is 0 Å². The molecule has 2 heterocycles. The molecule has 144 valence electrons. The van der Waals surface area contributed by atoms with E-state index in [-0.39, 0.29) is 11.4 Å². The largest absolute Gasteiger partial charge is 0.384 e. The Kier molecular flexibility index (Phi) is 5.01. The van der Waals surface area contributed by atoms with Gasteiger partial charge in [-0.25, -0.2) is 4.68 Å². The lowest BCUT2D eigenvalue weighted by atomic mass is 10.1. The topological polar surface area (TPSA) is 78.2 Å². The number of aromatic nitrogens is 3. The van der Waals surface area contributed by atoms with E-state index in [1.54, 1.807) is 17.0 Å². The quantitative estimate of drug-likeness (QED) is 0.520. The Bertz CT molecular complexity index is 1240. The molecular formula is C22H18ClN5O. The highest BCUT2D eigenvalue weighted by molar-refractivity contribution is 6.30. The Balaban J connectivity index is 1.82. The monoisotopic (exact) mass is 403 g/mol. The number of hydrogen-bond donors (Lipinski definition) is 1. The van der Waals surface area contributed by atoms with Crippen molar-refractivity contribution in [2.75, 3.05) is 5.73 Å². The lowest BCUT2D eigenvalue weighted by molar-refractivity contribution is 0.843. The van der Waals surface area contributed by atoms with Gasteiger partial charge in [-0.15, -0.1) is 0 Å². The van der Waals surface area contributed by atoms with Crippen LogP contribution in [0.4, 0.5) is 5.82 Å². The molecular weight excluding hydrogens is 386 g/mol. The van der Waals surface area contributed by atoms with Crippen LogP contribution in [0.15, 0.2) is 82.8 Å². The summed E-state index contributed by atoms with van der Waals surface area (Å²) >= 11 is 6.02. The van der Waals surface area contributed by atoms with Gasteiger partial charge in [0.05, 0.1) is 11.9 Å². The van der Waals surface area contributed by atoms with Crippen molar-refractivity contribution in [2.45, 2.75) is 6.92 Å². The van der Waals surface area contributed by atoms with E-state index in [2.05, 4.69) is 5.10 Å². The van der Waals surface area contributed by atoms with Gasteiger partial charge in [-0.05, 0) is 42.8 Å². The first-order chi connectivity index (χ1) is 14.0. The lowest BCUT2D eigenvalue weighted by Gasteiger charge is -2.03. The highest BCUT2D eigenvalue weighted by atomic mass is 35.5. The molecule has 0 aliphatic rings. The van der Waals surface area contributed by atoms with Crippen LogP contribution in [0.25, 0.3) is 16.9 Å². The number of rotatable bonds is 4. The van der Waals surface area contributed by atoms with Crippen LogP contribution in [0.3, 0.4) is 0 Å². The lowest BCUT2D eigenvalue weighted by Crippen LogP contribution is -2.19. The van der Waals surface area contributed by atoms with Gasteiger partial charge in [-0.1, -0.05) is 41.9 Å². The molecule has 6 nitrogen and oxygen atoms in total.